The Hall–Kier alpha value is -2.27. The van der Waals surface area contributed by atoms with Crippen molar-refractivity contribution in [2.24, 2.45) is 5.73 Å². The van der Waals surface area contributed by atoms with Crippen LogP contribution in [0.15, 0.2) is 42.5 Å². The van der Waals surface area contributed by atoms with Gasteiger partial charge in [0.15, 0.2) is 17.6 Å². The lowest BCUT2D eigenvalue weighted by molar-refractivity contribution is 0.0712. The lowest BCUT2D eigenvalue weighted by Crippen LogP contribution is -2.39. The first-order valence-electron chi connectivity index (χ1n) is 6.66. The smallest absolute Gasteiger partial charge is 0.161 e. The van der Waals surface area contributed by atoms with Crippen LogP contribution in [-0.2, 0) is 0 Å². The van der Waals surface area contributed by atoms with Crippen LogP contribution in [-0.4, -0.2) is 19.8 Å². The van der Waals surface area contributed by atoms with Gasteiger partial charge in [0.1, 0.15) is 18.2 Å². The van der Waals surface area contributed by atoms with E-state index < -0.39 is 18.0 Å². The molecule has 2 aromatic carbocycles. The fourth-order valence-corrected chi connectivity index (χ4v) is 2.32. The number of ether oxygens (including phenoxy) is 3. The highest BCUT2D eigenvalue weighted by atomic mass is 19.1. The maximum Gasteiger partial charge on any atom is 0.161 e. The Balaban J connectivity index is 1.82. The van der Waals surface area contributed by atoms with E-state index in [1.54, 1.807) is 18.2 Å². The van der Waals surface area contributed by atoms with Gasteiger partial charge in [-0.05, 0) is 18.2 Å². The lowest BCUT2D eigenvalue weighted by Gasteiger charge is -2.30. The summed E-state index contributed by atoms with van der Waals surface area (Å²) in [5.41, 5.74) is 6.51. The second kappa shape index (κ2) is 5.61. The maximum absolute atomic E-state index is 14.1. The van der Waals surface area contributed by atoms with Gasteiger partial charge in [-0.2, -0.15) is 0 Å². The molecule has 1 aliphatic rings. The number of para-hydroxylation sites is 2. The minimum atomic E-state index is -0.621. The molecule has 21 heavy (non-hydrogen) atoms. The Morgan fingerprint density at radius 2 is 2.00 bits per heavy atom. The molecule has 0 fully saturated rings. The fourth-order valence-electron chi connectivity index (χ4n) is 2.32. The second-order valence-electron chi connectivity index (χ2n) is 4.83. The molecule has 1 aliphatic heterocycles. The zero-order valence-corrected chi connectivity index (χ0v) is 11.6. The third kappa shape index (κ3) is 2.64. The highest BCUT2D eigenvalue weighted by Crippen LogP contribution is 2.34. The summed E-state index contributed by atoms with van der Waals surface area (Å²) in [5, 5.41) is 0. The highest BCUT2D eigenvalue weighted by Gasteiger charge is 2.29. The molecule has 110 valence electrons. The first-order valence-corrected chi connectivity index (χ1v) is 6.66. The van der Waals surface area contributed by atoms with Crippen molar-refractivity contribution < 1.29 is 18.6 Å². The van der Waals surface area contributed by atoms with Crippen LogP contribution in [0.4, 0.5) is 4.39 Å². The summed E-state index contributed by atoms with van der Waals surface area (Å²) in [5.74, 6) is 1.34. The third-order valence-corrected chi connectivity index (χ3v) is 3.50. The highest BCUT2D eigenvalue weighted by molar-refractivity contribution is 5.41. The monoisotopic (exact) mass is 289 g/mol. The van der Waals surface area contributed by atoms with Gasteiger partial charge in [0.2, 0.25) is 0 Å². The van der Waals surface area contributed by atoms with Gasteiger partial charge in [-0.3, -0.25) is 0 Å². The zero-order chi connectivity index (χ0) is 14.8. The molecule has 0 amide bonds. The summed E-state index contributed by atoms with van der Waals surface area (Å²) < 4.78 is 30.5. The van der Waals surface area contributed by atoms with Gasteiger partial charge in [0.25, 0.3) is 0 Å². The SMILES string of the molecule is COc1ccc(C(N)C2COc3ccccc3O2)c(F)c1. The fraction of sp³-hybridized carbons (Fsp3) is 0.250. The molecular weight excluding hydrogens is 273 g/mol. The first-order chi connectivity index (χ1) is 10.2. The van der Waals surface area contributed by atoms with E-state index in [9.17, 15) is 4.39 Å². The van der Waals surface area contributed by atoms with Gasteiger partial charge in [-0.25, -0.2) is 4.39 Å². The standard InChI is InChI=1S/C16H16FNO3/c1-19-10-6-7-11(12(17)8-10)16(18)15-9-20-13-4-2-3-5-14(13)21-15/h2-8,15-16H,9,18H2,1H3. The summed E-state index contributed by atoms with van der Waals surface area (Å²) in [4.78, 5) is 0. The van der Waals surface area contributed by atoms with E-state index in [2.05, 4.69) is 0 Å². The molecule has 0 bridgehead atoms. The molecule has 0 saturated carbocycles. The van der Waals surface area contributed by atoms with Crippen molar-refractivity contribution in [2.75, 3.05) is 13.7 Å². The number of hydrogen-bond acceptors (Lipinski definition) is 4. The molecule has 5 heteroatoms. The van der Waals surface area contributed by atoms with Crippen LogP contribution in [0.25, 0.3) is 0 Å². The number of hydrogen-bond donors (Lipinski definition) is 1. The van der Waals surface area contributed by atoms with Crippen LogP contribution in [0.2, 0.25) is 0 Å². The minimum absolute atomic E-state index is 0.281. The van der Waals surface area contributed by atoms with Crippen molar-refractivity contribution in [3.05, 3.63) is 53.8 Å². The third-order valence-electron chi connectivity index (χ3n) is 3.50. The van der Waals surface area contributed by atoms with E-state index in [-0.39, 0.29) is 6.61 Å². The van der Waals surface area contributed by atoms with Gasteiger partial charge < -0.3 is 19.9 Å². The summed E-state index contributed by atoms with van der Waals surface area (Å²) in [6.07, 6.45) is -0.442. The van der Waals surface area contributed by atoms with E-state index in [4.69, 9.17) is 19.9 Å². The van der Waals surface area contributed by atoms with Crippen LogP contribution >= 0.6 is 0 Å². The molecule has 0 spiro atoms. The molecule has 4 nitrogen and oxygen atoms in total. The molecule has 0 aliphatic carbocycles. The van der Waals surface area contributed by atoms with Crippen LogP contribution in [0, 0.1) is 5.82 Å². The van der Waals surface area contributed by atoms with Gasteiger partial charge in [-0.1, -0.05) is 18.2 Å². The predicted octanol–water partition coefficient (Wildman–Crippen LogP) is 2.67. The maximum atomic E-state index is 14.1. The molecule has 3 rings (SSSR count). The van der Waals surface area contributed by atoms with Crippen molar-refractivity contribution in [3.8, 4) is 17.2 Å². The second-order valence-corrected chi connectivity index (χ2v) is 4.83. The summed E-state index contributed by atoms with van der Waals surface area (Å²) in [7, 11) is 1.49. The van der Waals surface area contributed by atoms with E-state index in [0.29, 0.717) is 22.8 Å². The normalized spacial score (nSPS) is 18.1. The molecule has 2 aromatic rings. The number of rotatable bonds is 3. The zero-order valence-electron chi connectivity index (χ0n) is 11.6. The number of methoxy groups -OCH3 is 1. The first kappa shape index (κ1) is 13.7. The largest absolute Gasteiger partial charge is 0.497 e. The Kier molecular flexibility index (Phi) is 3.66. The Morgan fingerprint density at radius 1 is 1.24 bits per heavy atom. The van der Waals surface area contributed by atoms with E-state index in [0.717, 1.165) is 0 Å². The molecular formula is C16H16FNO3. The lowest BCUT2D eigenvalue weighted by atomic mass is 10.0. The molecule has 0 aromatic heterocycles. The Morgan fingerprint density at radius 3 is 2.71 bits per heavy atom. The average molecular weight is 289 g/mol. The van der Waals surface area contributed by atoms with Crippen molar-refractivity contribution in [1.82, 2.24) is 0 Å². The summed E-state index contributed by atoms with van der Waals surface area (Å²) in [6, 6.07) is 11.3. The summed E-state index contributed by atoms with van der Waals surface area (Å²) in [6.45, 7) is 0.281. The van der Waals surface area contributed by atoms with Crippen molar-refractivity contribution in [2.45, 2.75) is 12.1 Å². The summed E-state index contributed by atoms with van der Waals surface area (Å²) >= 11 is 0. The molecule has 2 atom stereocenters. The Bertz CT molecular complexity index is 647. The Labute approximate surface area is 122 Å². The number of nitrogens with two attached hydrogens (primary N) is 1. The van der Waals surface area contributed by atoms with Gasteiger partial charge in [-0.15, -0.1) is 0 Å². The van der Waals surface area contributed by atoms with Gasteiger partial charge in [0, 0.05) is 11.6 Å². The van der Waals surface area contributed by atoms with Crippen molar-refractivity contribution >= 4 is 0 Å². The van der Waals surface area contributed by atoms with Crippen LogP contribution < -0.4 is 19.9 Å². The quantitative estimate of drug-likeness (QED) is 0.944. The van der Waals surface area contributed by atoms with Gasteiger partial charge >= 0.3 is 0 Å². The average Bonchev–Trinajstić information content (AvgIpc) is 2.53. The molecule has 1 heterocycles. The van der Waals surface area contributed by atoms with E-state index in [1.807, 2.05) is 18.2 Å². The van der Waals surface area contributed by atoms with E-state index in [1.165, 1.54) is 13.2 Å². The molecule has 0 radical (unpaired) electrons. The molecule has 0 saturated heterocycles. The van der Waals surface area contributed by atoms with Gasteiger partial charge in [0.05, 0.1) is 13.2 Å². The van der Waals surface area contributed by atoms with Crippen molar-refractivity contribution in [3.63, 3.8) is 0 Å². The number of benzene rings is 2. The number of halogens is 1. The topological polar surface area (TPSA) is 53.7 Å². The van der Waals surface area contributed by atoms with Crippen LogP contribution in [0.3, 0.4) is 0 Å². The molecule has 2 unspecified atom stereocenters. The predicted molar refractivity (Wildman–Crippen MR) is 76.2 cm³/mol. The van der Waals surface area contributed by atoms with E-state index >= 15 is 0 Å². The minimum Gasteiger partial charge on any atom is -0.497 e. The molecule has 2 N–H and O–H groups in total. The number of fused-ring (bicyclic) bond motifs is 1. The van der Waals surface area contributed by atoms with Crippen molar-refractivity contribution in [1.29, 1.82) is 0 Å². The van der Waals surface area contributed by atoms with Crippen LogP contribution in [0.1, 0.15) is 11.6 Å². The van der Waals surface area contributed by atoms with Crippen LogP contribution in [0.5, 0.6) is 17.2 Å².